The van der Waals surface area contributed by atoms with Gasteiger partial charge in [0.1, 0.15) is 0 Å². The van der Waals surface area contributed by atoms with Crippen LogP contribution in [-0.4, -0.2) is 21.8 Å². The van der Waals surface area contributed by atoms with Crippen molar-refractivity contribution in [3.63, 3.8) is 0 Å². The van der Waals surface area contributed by atoms with E-state index in [-0.39, 0.29) is 10.8 Å². The van der Waals surface area contributed by atoms with E-state index in [1.165, 1.54) is 24.8 Å². The molecule has 0 heterocycles. The summed E-state index contributed by atoms with van der Waals surface area (Å²) >= 11 is 0. The molecule has 0 saturated heterocycles. The minimum Gasteiger partial charge on any atom is -0.411 e. The van der Waals surface area contributed by atoms with E-state index in [1.54, 1.807) is 0 Å². The molecule has 5 unspecified atom stereocenters. The second-order valence-corrected chi connectivity index (χ2v) is 8.64. The van der Waals surface area contributed by atoms with E-state index in [0.29, 0.717) is 5.92 Å². The van der Waals surface area contributed by atoms with Gasteiger partial charge in [0.25, 0.3) is 0 Å². The van der Waals surface area contributed by atoms with Gasteiger partial charge in [-0.2, -0.15) is 0 Å². The van der Waals surface area contributed by atoms with Crippen LogP contribution < -0.4 is 0 Å². The molecule has 0 aromatic carbocycles. The third-order valence-electron chi connectivity index (χ3n) is 7.97. The van der Waals surface area contributed by atoms with Gasteiger partial charge in [-0.1, -0.05) is 29.7 Å². The standard InChI is InChI=1S/C19H28N2O2/c1-18-9-7-13(20-22)11-12(18)3-4-14-15-5-6-17(21-23)19(15,2)10-8-16(14)18/h11,14-16,22-23H,3-10H2,1-2H3/b20-13+,21-17-. The molecule has 4 aliphatic rings. The highest BCUT2D eigenvalue weighted by Crippen LogP contribution is 2.64. The Morgan fingerprint density at radius 1 is 0.913 bits per heavy atom. The maximum Gasteiger partial charge on any atom is 0.0795 e. The minimum absolute atomic E-state index is 0.125. The number of hydrogen-bond donors (Lipinski definition) is 2. The Hall–Kier alpha value is -1.32. The molecule has 4 heteroatoms. The van der Waals surface area contributed by atoms with Gasteiger partial charge in [-0.15, -0.1) is 0 Å². The topological polar surface area (TPSA) is 65.2 Å². The normalized spacial score (nSPS) is 49.5. The van der Waals surface area contributed by atoms with E-state index in [0.717, 1.165) is 55.4 Å². The van der Waals surface area contributed by atoms with Gasteiger partial charge in [0, 0.05) is 5.41 Å². The Balaban J connectivity index is 1.68. The predicted molar refractivity (Wildman–Crippen MR) is 90.1 cm³/mol. The fourth-order valence-corrected chi connectivity index (χ4v) is 6.60. The first-order valence-corrected chi connectivity index (χ1v) is 9.16. The first-order valence-electron chi connectivity index (χ1n) is 9.16. The van der Waals surface area contributed by atoms with Gasteiger partial charge in [0.15, 0.2) is 0 Å². The molecular formula is C19H28N2O2. The average molecular weight is 316 g/mol. The van der Waals surface area contributed by atoms with Crippen LogP contribution >= 0.6 is 0 Å². The Morgan fingerprint density at radius 3 is 2.43 bits per heavy atom. The fourth-order valence-electron chi connectivity index (χ4n) is 6.60. The Labute approximate surface area is 138 Å². The Morgan fingerprint density at radius 2 is 1.70 bits per heavy atom. The van der Waals surface area contributed by atoms with E-state index < -0.39 is 0 Å². The van der Waals surface area contributed by atoms with Gasteiger partial charge in [-0.25, -0.2) is 0 Å². The lowest BCUT2D eigenvalue weighted by Gasteiger charge is -2.57. The van der Waals surface area contributed by atoms with Crippen molar-refractivity contribution < 1.29 is 10.4 Å². The number of fused-ring (bicyclic) bond motifs is 5. The number of hydrogen-bond acceptors (Lipinski definition) is 4. The predicted octanol–water partition coefficient (Wildman–Crippen LogP) is 4.61. The van der Waals surface area contributed by atoms with Crippen LogP contribution in [0.1, 0.15) is 65.2 Å². The molecule has 23 heavy (non-hydrogen) atoms. The third kappa shape index (κ3) is 1.96. The molecule has 5 atom stereocenters. The molecule has 3 fully saturated rings. The zero-order valence-corrected chi connectivity index (χ0v) is 14.3. The Kier molecular flexibility index (Phi) is 3.37. The molecule has 0 radical (unpaired) electrons. The number of oxime groups is 2. The molecule has 4 aliphatic carbocycles. The van der Waals surface area contributed by atoms with Gasteiger partial charge >= 0.3 is 0 Å². The zero-order chi connectivity index (χ0) is 16.2. The second-order valence-electron chi connectivity index (χ2n) is 8.64. The van der Waals surface area contributed by atoms with Gasteiger partial charge in [0.05, 0.1) is 11.4 Å². The molecule has 0 bridgehead atoms. The lowest BCUT2D eigenvalue weighted by molar-refractivity contribution is -0.0160. The monoisotopic (exact) mass is 316 g/mol. The van der Waals surface area contributed by atoms with Crippen LogP contribution in [0.4, 0.5) is 0 Å². The second kappa shape index (κ2) is 5.09. The van der Waals surface area contributed by atoms with Crippen LogP contribution in [0.25, 0.3) is 0 Å². The van der Waals surface area contributed by atoms with Gasteiger partial charge in [0.2, 0.25) is 0 Å². The van der Waals surface area contributed by atoms with Crippen LogP contribution in [-0.2, 0) is 0 Å². The maximum atomic E-state index is 9.40. The third-order valence-corrected chi connectivity index (χ3v) is 7.97. The highest BCUT2D eigenvalue weighted by Gasteiger charge is 2.58. The first-order chi connectivity index (χ1) is 11.0. The van der Waals surface area contributed by atoms with E-state index in [9.17, 15) is 5.21 Å². The quantitative estimate of drug-likeness (QED) is 0.506. The van der Waals surface area contributed by atoms with Crippen molar-refractivity contribution in [1.82, 2.24) is 0 Å². The average Bonchev–Trinajstić information content (AvgIpc) is 2.90. The summed E-state index contributed by atoms with van der Waals surface area (Å²) in [5.41, 5.74) is 3.81. The molecule has 2 N–H and O–H groups in total. The summed E-state index contributed by atoms with van der Waals surface area (Å²) in [5.74, 6) is 2.17. The van der Waals surface area contributed by atoms with Crippen molar-refractivity contribution in [2.45, 2.75) is 65.2 Å². The van der Waals surface area contributed by atoms with Crippen molar-refractivity contribution in [2.24, 2.45) is 38.9 Å². The highest BCUT2D eigenvalue weighted by molar-refractivity contribution is 5.96. The van der Waals surface area contributed by atoms with Crippen molar-refractivity contribution in [3.8, 4) is 0 Å². The van der Waals surface area contributed by atoms with Crippen molar-refractivity contribution in [3.05, 3.63) is 11.6 Å². The molecule has 0 aromatic rings. The number of rotatable bonds is 0. The highest BCUT2D eigenvalue weighted by atomic mass is 16.4. The SMILES string of the molecule is CC12CC/C(=N\O)C=C1CCC1C2CCC2(C)/C(=N\O)CCC12. The molecule has 4 rings (SSSR count). The van der Waals surface area contributed by atoms with E-state index in [1.807, 2.05) is 0 Å². The molecule has 0 aliphatic heterocycles. The van der Waals surface area contributed by atoms with Gasteiger partial charge in [-0.05, 0) is 80.6 Å². The molecule has 0 aromatic heterocycles. The molecular weight excluding hydrogens is 288 g/mol. The van der Waals surface area contributed by atoms with E-state index in [4.69, 9.17) is 5.21 Å². The lowest BCUT2D eigenvalue weighted by atomic mass is 9.47. The lowest BCUT2D eigenvalue weighted by Crippen LogP contribution is -2.50. The van der Waals surface area contributed by atoms with Crippen molar-refractivity contribution >= 4 is 11.4 Å². The van der Waals surface area contributed by atoms with Gasteiger partial charge < -0.3 is 10.4 Å². The maximum absolute atomic E-state index is 9.40. The first kappa shape index (κ1) is 15.2. The number of allylic oxidation sites excluding steroid dienone is 2. The van der Waals surface area contributed by atoms with Crippen LogP contribution in [0.15, 0.2) is 22.0 Å². The summed E-state index contributed by atoms with van der Waals surface area (Å²) in [7, 11) is 0. The number of nitrogens with zero attached hydrogens (tertiary/aromatic N) is 2. The fraction of sp³-hybridized carbons (Fsp3) is 0.789. The molecule has 4 nitrogen and oxygen atoms in total. The molecule has 126 valence electrons. The van der Waals surface area contributed by atoms with Gasteiger partial charge in [-0.3, -0.25) is 0 Å². The van der Waals surface area contributed by atoms with E-state index >= 15 is 0 Å². The largest absolute Gasteiger partial charge is 0.411 e. The summed E-state index contributed by atoms with van der Waals surface area (Å²) < 4.78 is 0. The van der Waals surface area contributed by atoms with Crippen LogP contribution in [0.5, 0.6) is 0 Å². The minimum atomic E-state index is 0.125. The van der Waals surface area contributed by atoms with Crippen molar-refractivity contribution in [1.29, 1.82) is 0 Å². The molecule has 0 spiro atoms. The van der Waals surface area contributed by atoms with Crippen LogP contribution in [0.2, 0.25) is 0 Å². The van der Waals surface area contributed by atoms with Crippen LogP contribution in [0, 0.1) is 28.6 Å². The summed E-state index contributed by atoms with van der Waals surface area (Å²) in [6, 6.07) is 0. The van der Waals surface area contributed by atoms with Crippen LogP contribution in [0.3, 0.4) is 0 Å². The van der Waals surface area contributed by atoms with Crippen molar-refractivity contribution in [2.75, 3.05) is 0 Å². The Bertz CT molecular complexity index is 608. The smallest absolute Gasteiger partial charge is 0.0795 e. The zero-order valence-electron chi connectivity index (χ0n) is 14.3. The molecule has 3 saturated carbocycles. The summed E-state index contributed by atoms with van der Waals surface area (Å²) in [6.07, 6.45) is 11.1. The summed E-state index contributed by atoms with van der Waals surface area (Å²) in [6.45, 7) is 4.78. The summed E-state index contributed by atoms with van der Waals surface area (Å²) in [4.78, 5) is 0. The van der Waals surface area contributed by atoms with E-state index in [2.05, 4.69) is 30.2 Å². The summed E-state index contributed by atoms with van der Waals surface area (Å²) in [5, 5.41) is 25.6. The molecule has 0 amide bonds.